The molecule has 0 saturated heterocycles. The fourth-order valence-electron chi connectivity index (χ4n) is 4.13. The SMILES string of the molecule is CCCCCCCCCC[P+](CC)(CC)CCCCCCCCCC.[I-]. The van der Waals surface area contributed by atoms with Gasteiger partial charge in [-0.05, 0) is 39.5 Å². The summed E-state index contributed by atoms with van der Waals surface area (Å²) in [6, 6.07) is 0. The fourth-order valence-corrected chi connectivity index (χ4v) is 7.85. The highest BCUT2D eigenvalue weighted by atomic mass is 127. The number of hydrogen-bond donors (Lipinski definition) is 0. The average Bonchev–Trinajstić information content (AvgIpc) is 2.64. The van der Waals surface area contributed by atoms with Gasteiger partial charge in [-0.25, -0.2) is 0 Å². The van der Waals surface area contributed by atoms with E-state index in [2.05, 4.69) is 27.7 Å². The first kappa shape index (κ1) is 29.4. The van der Waals surface area contributed by atoms with E-state index in [1.165, 1.54) is 115 Å². The first-order valence-electron chi connectivity index (χ1n) is 12.1. The van der Waals surface area contributed by atoms with Crippen LogP contribution >= 0.6 is 7.26 Å². The molecule has 0 bridgehead atoms. The molecular formula is C24H52IP. The largest absolute Gasteiger partial charge is 1.00 e. The molecule has 0 atom stereocenters. The molecule has 0 amide bonds. The van der Waals surface area contributed by atoms with Crippen molar-refractivity contribution in [3.63, 3.8) is 0 Å². The van der Waals surface area contributed by atoms with Gasteiger partial charge in [0.2, 0.25) is 0 Å². The van der Waals surface area contributed by atoms with Gasteiger partial charge >= 0.3 is 0 Å². The van der Waals surface area contributed by atoms with Crippen LogP contribution in [0.1, 0.15) is 130 Å². The number of halogens is 1. The second-order valence-corrected chi connectivity index (χ2v) is 13.2. The van der Waals surface area contributed by atoms with Gasteiger partial charge in [0.1, 0.15) is 0 Å². The van der Waals surface area contributed by atoms with Gasteiger partial charge < -0.3 is 24.0 Å². The standard InChI is InChI=1S/C24H52P.HI/c1-5-9-11-13-15-17-19-21-23-25(7-3,8-4)24-22-20-18-16-14-12-10-6-2;/h5-24H2,1-4H3;1H/q+1;/p-1. The predicted molar refractivity (Wildman–Crippen MR) is 123 cm³/mol. The molecule has 0 unspecified atom stereocenters. The van der Waals surface area contributed by atoms with Crippen LogP contribution in [0.4, 0.5) is 0 Å². The van der Waals surface area contributed by atoms with Crippen molar-refractivity contribution >= 4 is 7.26 Å². The van der Waals surface area contributed by atoms with Gasteiger partial charge in [-0.3, -0.25) is 0 Å². The van der Waals surface area contributed by atoms with E-state index in [1.807, 2.05) is 0 Å². The molecule has 0 nitrogen and oxygen atoms in total. The van der Waals surface area contributed by atoms with Gasteiger partial charge in [0.05, 0.1) is 24.6 Å². The maximum absolute atomic E-state index is 2.49. The third-order valence-corrected chi connectivity index (χ3v) is 11.5. The van der Waals surface area contributed by atoms with E-state index in [0.717, 1.165) is 0 Å². The molecule has 26 heavy (non-hydrogen) atoms. The summed E-state index contributed by atoms with van der Waals surface area (Å²) >= 11 is 0. The van der Waals surface area contributed by atoms with Crippen molar-refractivity contribution in [2.45, 2.75) is 130 Å². The lowest BCUT2D eigenvalue weighted by Crippen LogP contribution is -3.00. The molecule has 0 aliphatic rings. The monoisotopic (exact) mass is 498 g/mol. The van der Waals surface area contributed by atoms with Crippen molar-refractivity contribution in [2.75, 3.05) is 24.6 Å². The Labute approximate surface area is 185 Å². The topological polar surface area (TPSA) is 0 Å². The Hall–Kier alpha value is 1.16. The Morgan fingerprint density at radius 3 is 0.923 bits per heavy atom. The molecule has 160 valence electrons. The quantitative estimate of drug-likeness (QED) is 0.105. The van der Waals surface area contributed by atoms with Crippen LogP contribution in [-0.4, -0.2) is 24.6 Å². The Bertz CT molecular complexity index is 229. The van der Waals surface area contributed by atoms with Crippen LogP contribution < -0.4 is 24.0 Å². The van der Waals surface area contributed by atoms with Gasteiger partial charge in [-0.15, -0.1) is 0 Å². The second-order valence-electron chi connectivity index (χ2n) is 8.37. The maximum atomic E-state index is 2.49. The number of unbranched alkanes of at least 4 members (excludes halogenated alkanes) is 14. The van der Waals surface area contributed by atoms with Gasteiger partial charge in [-0.2, -0.15) is 0 Å². The predicted octanol–water partition coefficient (Wildman–Crippen LogP) is 6.33. The van der Waals surface area contributed by atoms with E-state index >= 15 is 0 Å². The molecule has 0 aromatic carbocycles. The number of rotatable bonds is 20. The molecule has 0 fully saturated rings. The minimum atomic E-state index is -0.590. The summed E-state index contributed by atoms with van der Waals surface area (Å²) in [7, 11) is -0.590. The van der Waals surface area contributed by atoms with Gasteiger partial charge in [0.15, 0.2) is 0 Å². The van der Waals surface area contributed by atoms with Crippen LogP contribution in [0.15, 0.2) is 0 Å². The van der Waals surface area contributed by atoms with E-state index in [4.69, 9.17) is 0 Å². The molecular weight excluding hydrogens is 446 g/mol. The molecule has 0 spiro atoms. The van der Waals surface area contributed by atoms with E-state index < -0.39 is 7.26 Å². The smallest absolute Gasteiger partial charge is 0.0594 e. The number of hydrogen-bond acceptors (Lipinski definition) is 0. The van der Waals surface area contributed by atoms with Crippen molar-refractivity contribution in [1.82, 2.24) is 0 Å². The zero-order chi connectivity index (χ0) is 18.6. The molecule has 0 N–H and O–H groups in total. The lowest BCUT2D eigenvalue weighted by atomic mass is 10.1. The zero-order valence-corrected chi connectivity index (χ0v) is 22.0. The molecule has 0 aliphatic carbocycles. The van der Waals surface area contributed by atoms with Crippen LogP contribution in [0.5, 0.6) is 0 Å². The normalized spacial score (nSPS) is 11.5. The van der Waals surface area contributed by atoms with Crippen molar-refractivity contribution < 1.29 is 24.0 Å². The Kier molecular flexibility index (Phi) is 25.4. The van der Waals surface area contributed by atoms with E-state index in [1.54, 1.807) is 12.3 Å². The maximum Gasteiger partial charge on any atom is 0.0594 e. The van der Waals surface area contributed by atoms with Crippen LogP contribution in [0.2, 0.25) is 0 Å². The summed E-state index contributed by atoms with van der Waals surface area (Å²) in [6.45, 7) is 9.61. The molecule has 0 aromatic rings. The first-order valence-corrected chi connectivity index (χ1v) is 14.6. The van der Waals surface area contributed by atoms with Crippen molar-refractivity contribution in [2.24, 2.45) is 0 Å². The molecule has 2 heteroatoms. The summed E-state index contributed by atoms with van der Waals surface area (Å²) < 4.78 is 0. The summed E-state index contributed by atoms with van der Waals surface area (Å²) in [5, 5.41) is 0. The fraction of sp³-hybridized carbons (Fsp3) is 1.00. The molecule has 0 aromatic heterocycles. The minimum absolute atomic E-state index is 0. The molecule has 0 aliphatic heterocycles. The zero-order valence-electron chi connectivity index (χ0n) is 19.0. The van der Waals surface area contributed by atoms with Gasteiger partial charge in [0, 0.05) is 7.26 Å². The van der Waals surface area contributed by atoms with Gasteiger partial charge in [-0.1, -0.05) is 90.9 Å². The highest BCUT2D eigenvalue weighted by Crippen LogP contribution is 2.59. The third-order valence-electron chi connectivity index (χ3n) is 6.31. The highest BCUT2D eigenvalue weighted by Gasteiger charge is 2.31. The van der Waals surface area contributed by atoms with E-state index in [0.29, 0.717) is 0 Å². The van der Waals surface area contributed by atoms with Gasteiger partial charge in [0.25, 0.3) is 0 Å². The second kappa shape index (κ2) is 22.4. The summed E-state index contributed by atoms with van der Waals surface area (Å²) in [5.74, 6) is 0. The van der Waals surface area contributed by atoms with Crippen LogP contribution in [0, 0.1) is 0 Å². The molecule has 0 rings (SSSR count). The van der Waals surface area contributed by atoms with E-state index in [-0.39, 0.29) is 24.0 Å². The lowest BCUT2D eigenvalue weighted by Gasteiger charge is -2.25. The minimum Gasteiger partial charge on any atom is -1.00 e. The van der Waals surface area contributed by atoms with Crippen LogP contribution in [0.25, 0.3) is 0 Å². The molecule has 0 saturated carbocycles. The third kappa shape index (κ3) is 17.3. The highest BCUT2D eigenvalue weighted by molar-refractivity contribution is 7.75. The summed E-state index contributed by atoms with van der Waals surface area (Å²) in [4.78, 5) is 0. The van der Waals surface area contributed by atoms with Crippen molar-refractivity contribution in [3.8, 4) is 0 Å². The Morgan fingerprint density at radius 1 is 0.385 bits per heavy atom. The van der Waals surface area contributed by atoms with Crippen molar-refractivity contribution in [3.05, 3.63) is 0 Å². The van der Waals surface area contributed by atoms with Crippen molar-refractivity contribution in [1.29, 1.82) is 0 Å². The Balaban J connectivity index is 0. The Morgan fingerprint density at radius 2 is 0.654 bits per heavy atom. The van der Waals surface area contributed by atoms with Crippen LogP contribution in [0.3, 0.4) is 0 Å². The molecule has 0 heterocycles. The molecule has 0 radical (unpaired) electrons. The summed E-state index contributed by atoms with van der Waals surface area (Å²) in [5.41, 5.74) is 0. The van der Waals surface area contributed by atoms with E-state index in [9.17, 15) is 0 Å². The lowest BCUT2D eigenvalue weighted by molar-refractivity contribution is -0.00000577. The van der Waals surface area contributed by atoms with Crippen LogP contribution in [-0.2, 0) is 0 Å². The summed E-state index contributed by atoms with van der Waals surface area (Å²) in [6.07, 6.45) is 29.8. The average molecular weight is 499 g/mol. The first-order chi connectivity index (χ1) is 12.2.